The number of nitrogens with zero attached hydrogens (tertiary/aromatic N) is 1. The molecule has 2 aromatic carbocycles. The van der Waals surface area contributed by atoms with Gasteiger partial charge in [-0.1, -0.05) is 57.5 Å². The Morgan fingerprint density at radius 3 is 2.73 bits per heavy atom. The number of carbonyl (C=O) groups is 4. The van der Waals surface area contributed by atoms with E-state index < -0.39 is 29.2 Å². The van der Waals surface area contributed by atoms with Crippen LogP contribution in [-0.4, -0.2) is 46.2 Å². The van der Waals surface area contributed by atoms with E-state index in [1.54, 1.807) is 54.7 Å². The molecular formula is C43H45FN2O6. The Hall–Kier alpha value is -4.50. The van der Waals surface area contributed by atoms with Gasteiger partial charge in [-0.3, -0.25) is 19.4 Å². The number of anilines is 1. The number of aliphatic hydroxyl groups excluding tert-OH is 1. The number of nitrogens with one attached hydrogen (secondary N) is 1. The van der Waals surface area contributed by atoms with Crippen LogP contribution in [0.3, 0.4) is 0 Å². The van der Waals surface area contributed by atoms with Gasteiger partial charge in [0.05, 0.1) is 17.4 Å². The van der Waals surface area contributed by atoms with E-state index in [4.69, 9.17) is 4.74 Å². The van der Waals surface area contributed by atoms with E-state index in [9.17, 15) is 24.3 Å². The van der Waals surface area contributed by atoms with Gasteiger partial charge in [0.1, 0.15) is 0 Å². The first-order chi connectivity index (χ1) is 24.8. The third kappa shape index (κ3) is 5.46. The van der Waals surface area contributed by atoms with Gasteiger partial charge in [-0.15, -0.1) is 0 Å². The zero-order chi connectivity index (χ0) is 36.7. The third-order valence-corrected chi connectivity index (χ3v) is 13.7. The lowest BCUT2D eigenvalue weighted by atomic mass is 9.46. The van der Waals surface area contributed by atoms with E-state index in [2.05, 4.69) is 31.1 Å². The highest BCUT2D eigenvalue weighted by molar-refractivity contribution is 6.01. The van der Waals surface area contributed by atoms with Gasteiger partial charge >= 0.3 is 5.97 Å². The maximum absolute atomic E-state index is 15.1. The SMILES string of the molecule is C[C@H]1C(C(=O)Nc2ccc3cnccc3c2F)C1c1cccc(C(=O)OCC(=O)[C@H]2[C@H](C)CC3[C@@H]4CCC5=CC(=O)C=C[C@]5(C)C4[C@@H](O)C[C@@]32C)c1. The fourth-order valence-electron chi connectivity index (χ4n) is 11.4. The number of esters is 1. The molecule has 2 N–H and O–H groups in total. The average molecular weight is 705 g/mol. The van der Waals surface area contributed by atoms with Gasteiger partial charge in [-0.2, -0.15) is 0 Å². The summed E-state index contributed by atoms with van der Waals surface area (Å²) in [5.74, 6) is -1.92. The first-order valence-electron chi connectivity index (χ1n) is 18.6. The normalized spacial score (nSPS) is 35.9. The van der Waals surface area contributed by atoms with Crippen LogP contribution in [0.5, 0.6) is 0 Å². The van der Waals surface area contributed by atoms with Gasteiger partial charge in [0, 0.05) is 46.3 Å². The van der Waals surface area contributed by atoms with Crippen molar-refractivity contribution in [3.63, 3.8) is 0 Å². The Morgan fingerprint density at radius 1 is 1.12 bits per heavy atom. The van der Waals surface area contributed by atoms with Gasteiger partial charge in [0.25, 0.3) is 0 Å². The van der Waals surface area contributed by atoms with Crippen molar-refractivity contribution in [2.75, 3.05) is 11.9 Å². The van der Waals surface area contributed by atoms with Crippen LogP contribution in [0.15, 0.2) is 78.7 Å². The van der Waals surface area contributed by atoms with E-state index in [0.717, 1.165) is 30.4 Å². The molecule has 0 saturated heterocycles. The Kier molecular flexibility index (Phi) is 8.36. The summed E-state index contributed by atoms with van der Waals surface area (Å²) in [7, 11) is 0. The number of halogens is 1. The van der Waals surface area contributed by atoms with Gasteiger partial charge in [-0.05, 0) is 103 Å². The van der Waals surface area contributed by atoms with Crippen molar-refractivity contribution in [1.29, 1.82) is 0 Å². The van der Waals surface area contributed by atoms with Crippen molar-refractivity contribution >= 4 is 39.9 Å². The molecule has 9 heteroatoms. The number of allylic oxidation sites excluding steroid dienone is 4. The highest BCUT2D eigenvalue weighted by Crippen LogP contribution is 2.67. The summed E-state index contributed by atoms with van der Waals surface area (Å²) >= 11 is 0. The summed E-state index contributed by atoms with van der Waals surface area (Å²) in [6, 6.07) is 11.8. The number of benzene rings is 2. The molecule has 8 rings (SSSR count). The molecule has 11 atom stereocenters. The van der Waals surface area contributed by atoms with Crippen LogP contribution >= 0.6 is 0 Å². The Balaban J connectivity index is 0.920. The highest BCUT2D eigenvalue weighted by Gasteiger charge is 2.64. The molecule has 4 saturated carbocycles. The van der Waals surface area contributed by atoms with Gasteiger partial charge in [0.2, 0.25) is 5.91 Å². The van der Waals surface area contributed by atoms with E-state index in [-0.39, 0.29) is 76.6 Å². The van der Waals surface area contributed by atoms with E-state index in [1.807, 2.05) is 19.1 Å². The number of carbonyl (C=O) groups excluding carboxylic acids is 4. The molecule has 270 valence electrons. The maximum Gasteiger partial charge on any atom is 0.338 e. The number of ketones is 2. The van der Waals surface area contributed by atoms with Crippen molar-refractivity contribution in [2.45, 2.75) is 65.4 Å². The molecule has 0 bridgehead atoms. The summed E-state index contributed by atoms with van der Waals surface area (Å²) in [5.41, 5.74) is 1.52. The van der Waals surface area contributed by atoms with Crippen LogP contribution in [0.25, 0.3) is 10.8 Å². The molecule has 5 aliphatic rings. The number of ether oxygens (including phenoxy) is 1. The van der Waals surface area contributed by atoms with Crippen molar-refractivity contribution in [2.24, 2.45) is 52.3 Å². The van der Waals surface area contributed by atoms with Crippen molar-refractivity contribution in [3.05, 3.63) is 95.6 Å². The van der Waals surface area contributed by atoms with Crippen LogP contribution in [0.4, 0.5) is 10.1 Å². The van der Waals surface area contributed by atoms with Crippen molar-refractivity contribution in [1.82, 2.24) is 4.98 Å². The lowest BCUT2D eigenvalue weighted by Gasteiger charge is -2.58. The molecule has 1 aromatic heterocycles. The summed E-state index contributed by atoms with van der Waals surface area (Å²) in [6.07, 6.45) is 10.9. The predicted molar refractivity (Wildman–Crippen MR) is 193 cm³/mol. The van der Waals surface area contributed by atoms with E-state index in [0.29, 0.717) is 22.8 Å². The number of aromatic nitrogens is 1. The van der Waals surface area contributed by atoms with Crippen molar-refractivity contribution in [3.8, 4) is 0 Å². The first-order valence-corrected chi connectivity index (χ1v) is 18.6. The zero-order valence-corrected chi connectivity index (χ0v) is 30.0. The molecule has 0 radical (unpaired) electrons. The number of aliphatic hydroxyl groups is 1. The number of rotatable bonds is 7. The fraction of sp³-hybridized carbons (Fsp3) is 0.465. The third-order valence-electron chi connectivity index (χ3n) is 13.7. The van der Waals surface area contributed by atoms with Crippen LogP contribution in [-0.2, 0) is 19.1 Å². The number of pyridine rings is 1. The summed E-state index contributed by atoms with van der Waals surface area (Å²) < 4.78 is 20.8. The molecule has 4 fully saturated rings. The second kappa shape index (κ2) is 12.6. The summed E-state index contributed by atoms with van der Waals surface area (Å²) in [5, 5.41) is 15.5. The fourth-order valence-corrected chi connectivity index (χ4v) is 11.4. The lowest BCUT2D eigenvalue weighted by molar-refractivity contribution is -0.142. The zero-order valence-electron chi connectivity index (χ0n) is 30.0. The summed E-state index contributed by atoms with van der Waals surface area (Å²) in [4.78, 5) is 56.7. The molecule has 1 amide bonds. The molecule has 5 aliphatic carbocycles. The van der Waals surface area contributed by atoms with Gasteiger partial charge in [-0.25, -0.2) is 9.18 Å². The second-order valence-corrected chi connectivity index (χ2v) is 16.6. The second-order valence-electron chi connectivity index (χ2n) is 16.6. The highest BCUT2D eigenvalue weighted by atomic mass is 19.1. The molecule has 0 spiro atoms. The number of hydrogen-bond donors (Lipinski definition) is 2. The number of hydrogen-bond acceptors (Lipinski definition) is 7. The molecular weight excluding hydrogens is 659 g/mol. The Morgan fingerprint density at radius 2 is 1.92 bits per heavy atom. The predicted octanol–water partition coefficient (Wildman–Crippen LogP) is 7.23. The minimum absolute atomic E-state index is 0.00484. The molecule has 8 nitrogen and oxygen atoms in total. The standard InChI is InChI=1S/C43H45FN2O6/c1-22-16-31-30-10-9-27-18-28(47)12-14-42(27,3)38(30)33(48)19-43(31,4)37(22)34(49)21-52-41(51)25-7-5-6-24(17-25)35-23(2)36(35)40(50)46-32-11-8-26-20-45-15-13-29(26)39(32)44/h5-8,11-15,17-18,20,22-23,30-31,33,35-38,48H,9-10,16,19,21H2,1-4H3,(H,46,50)/t22-,23-,30+,31?,33+,35?,36?,37-,38?,42+,43+/m1/s1. The maximum atomic E-state index is 15.1. The number of Topliss-reactive ketones (excluding diaryl/α,β-unsaturated/α-hetero) is 1. The largest absolute Gasteiger partial charge is 0.454 e. The number of amides is 1. The van der Waals surface area contributed by atoms with E-state index >= 15 is 4.39 Å². The monoisotopic (exact) mass is 704 g/mol. The molecule has 1 heterocycles. The van der Waals surface area contributed by atoms with Crippen LogP contribution in [0.1, 0.15) is 75.2 Å². The topological polar surface area (TPSA) is 123 Å². The molecule has 0 aliphatic heterocycles. The molecule has 4 unspecified atom stereocenters. The van der Waals surface area contributed by atoms with E-state index in [1.165, 1.54) is 6.20 Å². The van der Waals surface area contributed by atoms with Gasteiger partial charge < -0.3 is 15.2 Å². The molecule has 3 aromatic rings. The van der Waals surface area contributed by atoms with Gasteiger partial charge in [0.15, 0.2) is 24.0 Å². The van der Waals surface area contributed by atoms with Crippen LogP contribution in [0, 0.1) is 58.1 Å². The van der Waals surface area contributed by atoms with Crippen LogP contribution in [0.2, 0.25) is 0 Å². The van der Waals surface area contributed by atoms with Crippen LogP contribution < -0.4 is 5.32 Å². The Labute approximate surface area is 302 Å². The quantitative estimate of drug-likeness (QED) is 0.249. The minimum Gasteiger partial charge on any atom is -0.454 e. The first kappa shape index (κ1) is 34.6. The average Bonchev–Trinajstić information content (AvgIpc) is 3.72. The van der Waals surface area contributed by atoms with Crippen molar-refractivity contribution < 1.29 is 33.4 Å². The lowest BCUT2D eigenvalue weighted by Crippen LogP contribution is -2.56. The molecule has 52 heavy (non-hydrogen) atoms. The minimum atomic E-state index is -0.622. The smallest absolute Gasteiger partial charge is 0.338 e. The Bertz CT molecular complexity index is 2070. The summed E-state index contributed by atoms with van der Waals surface area (Å²) in [6.45, 7) is 7.99. The number of fused-ring (bicyclic) bond motifs is 6.